The first-order valence-corrected chi connectivity index (χ1v) is 6.80. The van der Waals surface area contributed by atoms with E-state index in [1.54, 1.807) is 24.8 Å². The van der Waals surface area contributed by atoms with Crippen LogP contribution >= 0.6 is 0 Å². The number of hydrogen-bond acceptors (Lipinski definition) is 4. The van der Waals surface area contributed by atoms with Crippen LogP contribution in [0.25, 0.3) is 10.9 Å². The third-order valence-electron chi connectivity index (χ3n) is 3.35. The van der Waals surface area contributed by atoms with Gasteiger partial charge in [-0.05, 0) is 19.9 Å². The van der Waals surface area contributed by atoms with Gasteiger partial charge in [0, 0.05) is 15.9 Å². The Kier molecular flexibility index (Phi) is 4.38. The van der Waals surface area contributed by atoms with Crippen LogP contribution in [0.2, 0.25) is 0 Å². The number of nitrogens with zero attached hydrogens (tertiary/aromatic N) is 2. The number of rotatable bonds is 6. The van der Waals surface area contributed by atoms with Crippen LogP contribution in [0.3, 0.4) is 0 Å². The smallest absolute Gasteiger partial charge is 0.234 e. The van der Waals surface area contributed by atoms with Gasteiger partial charge in [-0.3, -0.25) is 10.1 Å². The van der Waals surface area contributed by atoms with Crippen LogP contribution in [0.15, 0.2) is 30.5 Å². The largest absolute Gasteiger partial charge is 0.417 e. The maximum atomic E-state index is 11.0. The zero-order valence-corrected chi connectivity index (χ0v) is 12.8. The molecule has 0 radical (unpaired) electrons. The van der Waals surface area contributed by atoms with Crippen molar-refractivity contribution in [1.29, 1.82) is 0 Å². The molecule has 0 fully saturated rings. The van der Waals surface area contributed by atoms with Crippen molar-refractivity contribution >= 4 is 10.9 Å². The molecule has 0 saturated heterocycles. The minimum atomic E-state index is -0.906. The number of benzene rings is 1. The van der Waals surface area contributed by atoms with Crippen LogP contribution in [0, 0.1) is 22.5 Å². The maximum absolute atomic E-state index is 11.0. The molecule has 6 heteroatoms. The predicted octanol–water partition coefficient (Wildman–Crippen LogP) is 2.45. The molecule has 0 amide bonds. The second-order valence-electron chi connectivity index (χ2n) is 5.39. The summed E-state index contributed by atoms with van der Waals surface area (Å²) in [5.41, 5.74) is 0.588. The summed E-state index contributed by atoms with van der Waals surface area (Å²) in [4.78, 5) is 15.9. The number of ether oxygens (including phenoxy) is 1. The summed E-state index contributed by atoms with van der Waals surface area (Å²) in [6.07, 6.45) is 6.37. The highest BCUT2D eigenvalue weighted by molar-refractivity contribution is 5.84. The lowest BCUT2D eigenvalue weighted by Gasteiger charge is -2.24. The SMILES string of the molecule is C#CC(C)(C)OC(C[N+](=O)[O-])c1cn(OC)c2ccccc12. The molecule has 0 aliphatic heterocycles. The third kappa shape index (κ3) is 3.21. The quantitative estimate of drug-likeness (QED) is 0.467. The maximum Gasteiger partial charge on any atom is 0.234 e. The zero-order valence-electron chi connectivity index (χ0n) is 12.8. The normalized spacial score (nSPS) is 12.8. The standard InChI is InChI=1S/C16H18N2O4/c1-5-16(2,3)22-15(11-18(19)20)13-10-17(21-4)14-9-7-6-8-12(13)14/h1,6-10,15H,11H2,2-4H3. The highest BCUT2D eigenvalue weighted by Gasteiger charge is 2.29. The Labute approximate surface area is 128 Å². The Morgan fingerprint density at radius 1 is 1.45 bits per heavy atom. The lowest BCUT2D eigenvalue weighted by Crippen LogP contribution is -2.28. The van der Waals surface area contributed by atoms with Crippen LogP contribution in [0.4, 0.5) is 0 Å². The van der Waals surface area contributed by atoms with E-state index in [-0.39, 0.29) is 6.54 Å². The van der Waals surface area contributed by atoms with Crippen molar-refractivity contribution in [3.63, 3.8) is 0 Å². The molecule has 0 aliphatic rings. The minimum absolute atomic E-state index is 0.372. The van der Waals surface area contributed by atoms with Gasteiger partial charge in [-0.25, -0.2) is 0 Å². The molecule has 2 aromatic rings. The van der Waals surface area contributed by atoms with Gasteiger partial charge in [0.15, 0.2) is 6.10 Å². The van der Waals surface area contributed by atoms with E-state index in [1.807, 2.05) is 24.3 Å². The molecule has 0 N–H and O–H groups in total. The topological polar surface area (TPSA) is 66.5 Å². The molecule has 22 heavy (non-hydrogen) atoms. The van der Waals surface area contributed by atoms with E-state index in [2.05, 4.69) is 5.92 Å². The molecule has 2 rings (SSSR count). The number of fused-ring (bicyclic) bond motifs is 1. The van der Waals surface area contributed by atoms with Crippen molar-refractivity contribution in [2.45, 2.75) is 25.6 Å². The summed E-state index contributed by atoms with van der Waals surface area (Å²) in [5.74, 6) is 2.50. The van der Waals surface area contributed by atoms with Crippen LogP contribution in [0.1, 0.15) is 25.5 Å². The molecular formula is C16H18N2O4. The Morgan fingerprint density at radius 3 is 2.73 bits per heavy atom. The Balaban J connectivity index is 2.52. The second-order valence-corrected chi connectivity index (χ2v) is 5.39. The molecule has 116 valence electrons. The van der Waals surface area contributed by atoms with Gasteiger partial charge in [0.05, 0.1) is 11.7 Å². The zero-order chi connectivity index (χ0) is 16.3. The molecule has 1 aromatic carbocycles. The van der Waals surface area contributed by atoms with Crippen LogP contribution < -0.4 is 4.84 Å². The Hall–Kier alpha value is -2.52. The first-order chi connectivity index (χ1) is 10.4. The number of terminal acetylenes is 1. The van der Waals surface area contributed by atoms with E-state index in [0.29, 0.717) is 5.56 Å². The highest BCUT2D eigenvalue weighted by atomic mass is 16.6. The van der Waals surface area contributed by atoms with Crippen molar-refractivity contribution in [2.24, 2.45) is 0 Å². The van der Waals surface area contributed by atoms with Crippen LogP contribution in [0.5, 0.6) is 0 Å². The lowest BCUT2D eigenvalue weighted by atomic mass is 10.1. The first-order valence-electron chi connectivity index (χ1n) is 6.80. The van der Waals surface area contributed by atoms with Crippen molar-refractivity contribution in [2.75, 3.05) is 13.7 Å². The summed E-state index contributed by atoms with van der Waals surface area (Å²) >= 11 is 0. The molecule has 0 bridgehead atoms. The summed E-state index contributed by atoms with van der Waals surface area (Å²) in [5, 5.41) is 11.8. The van der Waals surface area contributed by atoms with Gasteiger partial charge < -0.3 is 9.57 Å². The molecule has 1 heterocycles. The fourth-order valence-electron chi connectivity index (χ4n) is 2.31. The molecular weight excluding hydrogens is 284 g/mol. The minimum Gasteiger partial charge on any atom is -0.417 e. The second kappa shape index (κ2) is 6.08. The average molecular weight is 302 g/mol. The van der Waals surface area contributed by atoms with Gasteiger partial charge in [0.2, 0.25) is 6.54 Å². The molecule has 0 saturated carbocycles. The van der Waals surface area contributed by atoms with E-state index in [9.17, 15) is 10.1 Å². The fraction of sp³-hybridized carbons (Fsp3) is 0.375. The number of hydrogen-bond donors (Lipinski definition) is 0. The van der Waals surface area contributed by atoms with Gasteiger partial charge in [-0.2, -0.15) is 4.73 Å². The first kappa shape index (κ1) is 15.9. The van der Waals surface area contributed by atoms with Gasteiger partial charge in [-0.1, -0.05) is 24.1 Å². The number of aromatic nitrogens is 1. The highest BCUT2D eigenvalue weighted by Crippen LogP contribution is 2.31. The summed E-state index contributed by atoms with van der Waals surface area (Å²) < 4.78 is 7.36. The van der Waals surface area contributed by atoms with Gasteiger partial charge >= 0.3 is 0 Å². The van der Waals surface area contributed by atoms with E-state index in [4.69, 9.17) is 16.0 Å². The monoisotopic (exact) mass is 302 g/mol. The average Bonchev–Trinajstić information content (AvgIpc) is 2.85. The predicted molar refractivity (Wildman–Crippen MR) is 83.0 cm³/mol. The molecule has 1 atom stereocenters. The van der Waals surface area contributed by atoms with Crippen molar-refractivity contribution in [3.05, 3.63) is 46.1 Å². The van der Waals surface area contributed by atoms with Crippen molar-refractivity contribution < 1.29 is 14.5 Å². The van der Waals surface area contributed by atoms with Gasteiger partial charge in [0.25, 0.3) is 0 Å². The Morgan fingerprint density at radius 2 is 2.14 bits per heavy atom. The van der Waals surface area contributed by atoms with E-state index < -0.39 is 16.6 Å². The fourth-order valence-corrected chi connectivity index (χ4v) is 2.31. The van der Waals surface area contributed by atoms with E-state index >= 15 is 0 Å². The summed E-state index contributed by atoms with van der Waals surface area (Å²) in [6, 6.07) is 7.48. The van der Waals surface area contributed by atoms with E-state index in [1.165, 1.54) is 7.11 Å². The van der Waals surface area contributed by atoms with Crippen molar-refractivity contribution in [1.82, 2.24) is 4.73 Å². The van der Waals surface area contributed by atoms with Gasteiger partial charge in [0.1, 0.15) is 12.7 Å². The number of para-hydroxylation sites is 1. The molecule has 0 spiro atoms. The molecule has 0 aliphatic carbocycles. The summed E-state index contributed by atoms with van der Waals surface area (Å²) in [7, 11) is 1.53. The lowest BCUT2D eigenvalue weighted by molar-refractivity contribution is -0.494. The van der Waals surface area contributed by atoms with Gasteiger partial charge in [-0.15, -0.1) is 6.42 Å². The van der Waals surface area contributed by atoms with Crippen molar-refractivity contribution in [3.8, 4) is 12.3 Å². The third-order valence-corrected chi connectivity index (χ3v) is 3.35. The molecule has 1 unspecified atom stereocenters. The van der Waals surface area contributed by atoms with Crippen LogP contribution in [-0.4, -0.2) is 28.9 Å². The van der Waals surface area contributed by atoms with E-state index in [0.717, 1.165) is 10.9 Å². The Bertz CT molecular complexity index is 727. The summed E-state index contributed by atoms with van der Waals surface area (Å²) in [6.45, 7) is 3.04. The molecule has 1 aromatic heterocycles. The van der Waals surface area contributed by atoms with Crippen LogP contribution in [-0.2, 0) is 4.74 Å². The number of nitro groups is 1. The molecule has 6 nitrogen and oxygen atoms in total.